The number of aromatic amines is 1. The van der Waals surface area contributed by atoms with Gasteiger partial charge in [0.05, 0.1) is 46.6 Å². The maximum Gasteiger partial charge on any atom is 0.258 e. The quantitative estimate of drug-likeness (QED) is 0.540. The lowest BCUT2D eigenvalue weighted by Crippen LogP contribution is -2.43. The Morgan fingerprint density at radius 3 is 2.77 bits per heavy atom. The van der Waals surface area contributed by atoms with Crippen LogP contribution >= 0.6 is 0 Å². The lowest BCUT2D eigenvalue weighted by molar-refractivity contribution is -0.0490. The first kappa shape index (κ1) is 18.7. The van der Waals surface area contributed by atoms with Gasteiger partial charge in [-0.2, -0.15) is 5.10 Å². The largest absolute Gasteiger partial charge is 0.316 e. The number of fused-ring (bicyclic) bond motifs is 1. The summed E-state index contributed by atoms with van der Waals surface area (Å²) in [5.41, 5.74) is 4.18. The van der Waals surface area contributed by atoms with E-state index in [-0.39, 0.29) is 13.0 Å². The number of hydrogen-bond donors (Lipinski definition) is 2. The minimum Gasteiger partial charge on any atom is -0.316 e. The van der Waals surface area contributed by atoms with Gasteiger partial charge in [-0.1, -0.05) is 6.07 Å². The Hall–Kier alpha value is -3.33. The van der Waals surface area contributed by atoms with Gasteiger partial charge in [0.1, 0.15) is 11.4 Å². The second kappa shape index (κ2) is 7.17. The number of aromatic nitrogens is 6. The number of H-pyrrole nitrogens is 1. The molecular formula is C21H19F2N7. The van der Waals surface area contributed by atoms with E-state index < -0.39 is 11.8 Å². The fraction of sp³-hybridized carbons (Fsp3) is 0.286. The molecule has 0 aliphatic carbocycles. The highest BCUT2D eigenvalue weighted by molar-refractivity contribution is 5.93. The Bertz CT molecular complexity index is 1220. The number of halogens is 2. The molecule has 2 N–H and O–H groups in total. The molecule has 30 heavy (non-hydrogen) atoms. The molecule has 1 saturated heterocycles. The summed E-state index contributed by atoms with van der Waals surface area (Å²) in [6.45, 7) is 2.35. The number of rotatable bonds is 3. The van der Waals surface area contributed by atoms with E-state index in [1.165, 1.54) is 0 Å². The monoisotopic (exact) mass is 407 g/mol. The molecule has 4 aromatic heterocycles. The fourth-order valence-corrected chi connectivity index (χ4v) is 3.78. The Balaban J connectivity index is 1.64. The number of pyridine rings is 2. The van der Waals surface area contributed by atoms with Crippen molar-refractivity contribution in [1.82, 2.24) is 35.5 Å². The van der Waals surface area contributed by atoms with Gasteiger partial charge >= 0.3 is 0 Å². The lowest BCUT2D eigenvalue weighted by atomic mass is 9.91. The van der Waals surface area contributed by atoms with Crippen molar-refractivity contribution in [3.63, 3.8) is 0 Å². The molecule has 0 unspecified atom stereocenters. The minimum atomic E-state index is -2.80. The van der Waals surface area contributed by atoms with E-state index in [9.17, 15) is 8.78 Å². The van der Waals surface area contributed by atoms with Gasteiger partial charge in [-0.05, 0) is 25.1 Å². The van der Waals surface area contributed by atoms with Crippen molar-refractivity contribution >= 4 is 10.9 Å². The van der Waals surface area contributed by atoms with E-state index in [4.69, 9.17) is 4.98 Å². The van der Waals surface area contributed by atoms with E-state index in [2.05, 4.69) is 30.5 Å². The Morgan fingerprint density at radius 2 is 1.93 bits per heavy atom. The van der Waals surface area contributed by atoms with Crippen molar-refractivity contribution in [2.75, 3.05) is 13.1 Å². The Morgan fingerprint density at radius 1 is 1.03 bits per heavy atom. The molecule has 5 rings (SSSR count). The first-order valence-electron chi connectivity index (χ1n) is 9.70. The molecule has 0 aromatic carbocycles. The summed E-state index contributed by atoms with van der Waals surface area (Å²) in [4.78, 5) is 18.0. The second-order valence-corrected chi connectivity index (χ2v) is 7.45. The van der Waals surface area contributed by atoms with Gasteiger partial charge in [-0.3, -0.25) is 15.1 Å². The van der Waals surface area contributed by atoms with Gasteiger partial charge in [-0.15, -0.1) is 0 Å². The van der Waals surface area contributed by atoms with Gasteiger partial charge in [0.2, 0.25) is 0 Å². The summed E-state index contributed by atoms with van der Waals surface area (Å²) in [6.07, 6.45) is 4.77. The van der Waals surface area contributed by atoms with Crippen LogP contribution in [0.3, 0.4) is 0 Å². The van der Waals surface area contributed by atoms with Crippen LogP contribution in [0.25, 0.3) is 33.7 Å². The summed E-state index contributed by atoms with van der Waals surface area (Å²) < 4.78 is 29.0. The molecule has 4 aromatic rings. The third kappa shape index (κ3) is 3.30. The minimum absolute atomic E-state index is 0.191. The maximum absolute atomic E-state index is 14.5. The van der Waals surface area contributed by atoms with Gasteiger partial charge in [-0.25, -0.2) is 18.7 Å². The van der Waals surface area contributed by atoms with Crippen LogP contribution in [0.2, 0.25) is 0 Å². The first-order chi connectivity index (χ1) is 14.5. The molecule has 0 amide bonds. The summed E-state index contributed by atoms with van der Waals surface area (Å²) in [7, 11) is 0. The first-order valence-corrected chi connectivity index (χ1v) is 9.70. The fourth-order valence-electron chi connectivity index (χ4n) is 3.78. The highest BCUT2D eigenvalue weighted by atomic mass is 19.3. The predicted molar refractivity (Wildman–Crippen MR) is 108 cm³/mol. The van der Waals surface area contributed by atoms with Gasteiger partial charge in [0, 0.05) is 31.1 Å². The van der Waals surface area contributed by atoms with Gasteiger partial charge in [0.15, 0.2) is 0 Å². The van der Waals surface area contributed by atoms with Crippen molar-refractivity contribution in [2.45, 2.75) is 25.2 Å². The third-order valence-electron chi connectivity index (χ3n) is 5.32. The van der Waals surface area contributed by atoms with Crippen LogP contribution in [0.15, 0.2) is 42.9 Å². The molecule has 1 aliphatic heterocycles. The SMILES string of the molecule is Cc1cncc(-c2cc3[nH]ncc3c(-c3cccc([C@@H]4CNCCC4(F)F)n3)n2)n1. The van der Waals surface area contributed by atoms with Crippen molar-refractivity contribution in [3.8, 4) is 22.8 Å². The molecule has 1 aliphatic rings. The van der Waals surface area contributed by atoms with E-state index in [1.807, 2.05) is 13.0 Å². The van der Waals surface area contributed by atoms with Crippen LogP contribution in [0.5, 0.6) is 0 Å². The molecule has 1 atom stereocenters. The van der Waals surface area contributed by atoms with E-state index in [0.717, 1.165) is 16.6 Å². The van der Waals surface area contributed by atoms with Crippen molar-refractivity contribution in [2.24, 2.45) is 0 Å². The molecule has 9 heteroatoms. The molecule has 1 fully saturated rings. The molecule has 5 heterocycles. The predicted octanol–water partition coefficient (Wildman–Crippen LogP) is 3.50. The normalized spacial score (nSPS) is 18.6. The summed E-state index contributed by atoms with van der Waals surface area (Å²) >= 11 is 0. The molecule has 0 radical (unpaired) electrons. The van der Waals surface area contributed by atoms with Crippen molar-refractivity contribution < 1.29 is 8.78 Å². The molecule has 152 valence electrons. The topological polar surface area (TPSA) is 92.3 Å². The van der Waals surface area contributed by atoms with E-state index in [1.54, 1.807) is 36.8 Å². The number of hydrogen-bond acceptors (Lipinski definition) is 6. The third-order valence-corrected chi connectivity index (χ3v) is 5.32. The molecule has 7 nitrogen and oxygen atoms in total. The Kier molecular flexibility index (Phi) is 4.47. The van der Waals surface area contributed by atoms with Crippen molar-refractivity contribution in [1.29, 1.82) is 0 Å². The van der Waals surface area contributed by atoms with Gasteiger partial charge in [0.25, 0.3) is 5.92 Å². The molecular weight excluding hydrogens is 388 g/mol. The summed E-state index contributed by atoms with van der Waals surface area (Å²) in [6, 6.07) is 7.02. The average Bonchev–Trinajstić information content (AvgIpc) is 3.21. The number of nitrogens with zero attached hydrogens (tertiary/aromatic N) is 5. The maximum atomic E-state index is 14.5. The number of nitrogens with one attached hydrogen (secondary N) is 2. The lowest BCUT2D eigenvalue weighted by Gasteiger charge is -2.31. The smallest absolute Gasteiger partial charge is 0.258 e. The highest BCUT2D eigenvalue weighted by Gasteiger charge is 2.43. The van der Waals surface area contributed by atoms with Crippen LogP contribution in [-0.4, -0.2) is 49.1 Å². The second-order valence-electron chi connectivity index (χ2n) is 7.45. The van der Waals surface area contributed by atoms with Gasteiger partial charge < -0.3 is 5.32 Å². The Labute approximate surface area is 171 Å². The highest BCUT2D eigenvalue weighted by Crippen LogP contribution is 2.38. The van der Waals surface area contributed by atoms with Crippen LogP contribution < -0.4 is 5.32 Å². The zero-order chi connectivity index (χ0) is 20.7. The van der Waals surface area contributed by atoms with Crippen LogP contribution in [0.4, 0.5) is 8.78 Å². The summed E-state index contributed by atoms with van der Waals surface area (Å²) in [5.74, 6) is -3.77. The van der Waals surface area contributed by atoms with E-state index in [0.29, 0.717) is 35.0 Å². The number of piperidine rings is 1. The zero-order valence-electron chi connectivity index (χ0n) is 16.2. The average molecular weight is 407 g/mol. The molecule has 0 saturated carbocycles. The van der Waals surface area contributed by atoms with Crippen LogP contribution in [0, 0.1) is 6.92 Å². The van der Waals surface area contributed by atoms with Crippen molar-refractivity contribution in [3.05, 3.63) is 54.2 Å². The van der Waals surface area contributed by atoms with E-state index >= 15 is 0 Å². The summed E-state index contributed by atoms with van der Waals surface area (Å²) in [5, 5.41) is 10.9. The number of aryl methyl sites for hydroxylation is 1. The number of alkyl halides is 2. The zero-order valence-corrected chi connectivity index (χ0v) is 16.2. The molecule has 0 spiro atoms. The standard InChI is InChI=1S/C21H19F2N7/c1-12-8-25-11-19(27-12)18-7-17-13(9-26-30-17)20(29-18)16-4-2-3-15(28-16)14-10-24-6-5-21(14,22)23/h2-4,7-9,11,14,24H,5-6,10H2,1H3,(H,26,30)/t14-/m0/s1. The van der Waals surface area contributed by atoms with Crippen LogP contribution in [0.1, 0.15) is 23.7 Å². The van der Waals surface area contributed by atoms with Crippen LogP contribution in [-0.2, 0) is 0 Å². The molecule has 0 bridgehead atoms.